The lowest BCUT2D eigenvalue weighted by Gasteiger charge is -2.11. The van der Waals surface area contributed by atoms with E-state index in [2.05, 4.69) is 20.8 Å². The van der Waals surface area contributed by atoms with Crippen LogP contribution in [0.1, 0.15) is 21.7 Å². The van der Waals surface area contributed by atoms with Crippen LogP contribution in [0.4, 0.5) is 0 Å². The zero-order chi connectivity index (χ0) is 20.3. The molecular formula is C18H20N6O3S. The fourth-order valence-corrected chi connectivity index (χ4v) is 3.35. The third-order valence-corrected chi connectivity index (χ3v) is 5.94. The summed E-state index contributed by atoms with van der Waals surface area (Å²) < 4.78 is 26.8. The second-order valence-electron chi connectivity index (χ2n) is 6.34. The minimum Gasteiger partial charge on any atom is -0.345 e. The van der Waals surface area contributed by atoms with Crippen LogP contribution in [0.25, 0.3) is 5.69 Å². The molecule has 1 aromatic heterocycles. The number of carbonyl (C=O) groups excluding carboxylic acids is 1. The lowest BCUT2D eigenvalue weighted by Crippen LogP contribution is -2.25. The minimum atomic E-state index is -3.53. The molecule has 0 unspecified atom stereocenters. The minimum absolute atomic E-state index is 0.122. The molecule has 0 bridgehead atoms. The molecule has 0 aliphatic rings. The molecule has 10 heteroatoms. The van der Waals surface area contributed by atoms with E-state index in [1.54, 1.807) is 4.68 Å². The summed E-state index contributed by atoms with van der Waals surface area (Å²) in [6.07, 6.45) is 0. The molecule has 3 rings (SSSR count). The van der Waals surface area contributed by atoms with E-state index in [4.69, 9.17) is 0 Å². The Morgan fingerprint density at radius 2 is 1.71 bits per heavy atom. The van der Waals surface area contributed by atoms with Crippen LogP contribution in [0.5, 0.6) is 0 Å². The Kier molecular flexibility index (Phi) is 5.52. The van der Waals surface area contributed by atoms with Crippen molar-refractivity contribution in [2.24, 2.45) is 0 Å². The van der Waals surface area contributed by atoms with Crippen LogP contribution < -0.4 is 5.32 Å². The van der Waals surface area contributed by atoms with Crippen molar-refractivity contribution in [3.05, 3.63) is 65.5 Å². The maximum absolute atomic E-state index is 12.4. The topological polar surface area (TPSA) is 110 Å². The van der Waals surface area contributed by atoms with Crippen molar-refractivity contribution in [1.29, 1.82) is 0 Å². The van der Waals surface area contributed by atoms with Crippen molar-refractivity contribution in [1.82, 2.24) is 29.8 Å². The Labute approximate surface area is 163 Å². The Bertz CT molecular complexity index is 1070. The first-order chi connectivity index (χ1) is 13.3. The first-order valence-electron chi connectivity index (χ1n) is 8.44. The average molecular weight is 400 g/mol. The molecule has 9 nitrogen and oxygen atoms in total. The maximum Gasteiger partial charge on any atom is 0.251 e. The van der Waals surface area contributed by atoms with Crippen LogP contribution in [0, 0.1) is 6.92 Å². The summed E-state index contributed by atoms with van der Waals surface area (Å²) in [7, 11) is -0.630. The number of rotatable bonds is 6. The lowest BCUT2D eigenvalue weighted by atomic mass is 10.2. The Morgan fingerprint density at radius 1 is 1.07 bits per heavy atom. The predicted octanol–water partition coefficient (Wildman–Crippen LogP) is 1.15. The zero-order valence-electron chi connectivity index (χ0n) is 15.7. The first-order valence-corrected chi connectivity index (χ1v) is 9.88. The number of tetrazole rings is 1. The standard InChI is InChI=1S/C18H20N6O3S/c1-13-4-8-15(9-5-13)24-17(20-21-22-24)12-19-18(25)14-6-10-16(11-7-14)28(26,27)23(2)3/h4-11H,12H2,1-3H3,(H,19,25). The summed E-state index contributed by atoms with van der Waals surface area (Å²) in [6.45, 7) is 2.11. The number of sulfonamides is 1. The molecule has 0 radical (unpaired) electrons. The molecule has 1 N–H and O–H groups in total. The number of carbonyl (C=O) groups is 1. The smallest absolute Gasteiger partial charge is 0.251 e. The van der Waals surface area contributed by atoms with Crippen LogP contribution in [-0.2, 0) is 16.6 Å². The quantitative estimate of drug-likeness (QED) is 0.665. The highest BCUT2D eigenvalue weighted by atomic mass is 32.2. The van der Waals surface area contributed by atoms with E-state index >= 15 is 0 Å². The van der Waals surface area contributed by atoms with Gasteiger partial charge in [0, 0.05) is 19.7 Å². The molecule has 1 heterocycles. The molecule has 0 aliphatic carbocycles. The van der Waals surface area contributed by atoms with Gasteiger partial charge in [0.15, 0.2) is 5.82 Å². The van der Waals surface area contributed by atoms with Gasteiger partial charge < -0.3 is 5.32 Å². The number of aryl methyl sites for hydroxylation is 1. The van der Waals surface area contributed by atoms with Gasteiger partial charge in [-0.3, -0.25) is 4.79 Å². The van der Waals surface area contributed by atoms with E-state index in [1.807, 2.05) is 31.2 Å². The van der Waals surface area contributed by atoms with Gasteiger partial charge in [-0.15, -0.1) is 5.10 Å². The monoisotopic (exact) mass is 400 g/mol. The summed E-state index contributed by atoms with van der Waals surface area (Å²) in [4.78, 5) is 12.5. The summed E-state index contributed by atoms with van der Waals surface area (Å²) in [5.74, 6) is 0.122. The van der Waals surface area contributed by atoms with E-state index in [0.29, 0.717) is 11.4 Å². The Morgan fingerprint density at radius 3 is 2.32 bits per heavy atom. The molecule has 0 saturated carbocycles. The molecule has 0 spiro atoms. The van der Waals surface area contributed by atoms with Crippen LogP contribution >= 0.6 is 0 Å². The number of benzene rings is 2. The summed E-state index contributed by atoms with van der Waals surface area (Å²) >= 11 is 0. The van der Waals surface area contributed by atoms with Gasteiger partial charge in [-0.25, -0.2) is 12.7 Å². The molecule has 2 aromatic carbocycles. The van der Waals surface area contributed by atoms with Gasteiger partial charge in [-0.05, 0) is 53.7 Å². The molecular weight excluding hydrogens is 380 g/mol. The fraction of sp³-hybridized carbons (Fsp3) is 0.222. The van der Waals surface area contributed by atoms with Gasteiger partial charge in [-0.1, -0.05) is 17.7 Å². The molecule has 146 valence electrons. The van der Waals surface area contributed by atoms with Crippen LogP contribution in [0.3, 0.4) is 0 Å². The van der Waals surface area contributed by atoms with Crippen LogP contribution in [0.2, 0.25) is 0 Å². The highest BCUT2D eigenvalue weighted by molar-refractivity contribution is 7.89. The highest BCUT2D eigenvalue weighted by Gasteiger charge is 2.18. The van der Waals surface area contributed by atoms with E-state index < -0.39 is 10.0 Å². The highest BCUT2D eigenvalue weighted by Crippen LogP contribution is 2.14. The normalized spacial score (nSPS) is 11.6. The molecule has 1 amide bonds. The number of aromatic nitrogens is 4. The average Bonchev–Trinajstić information content (AvgIpc) is 3.15. The molecule has 0 saturated heterocycles. The van der Waals surface area contributed by atoms with Gasteiger partial charge in [0.2, 0.25) is 10.0 Å². The van der Waals surface area contributed by atoms with Crippen molar-refractivity contribution in [2.45, 2.75) is 18.4 Å². The number of nitrogens with one attached hydrogen (secondary N) is 1. The van der Waals surface area contributed by atoms with Crippen LogP contribution in [-0.4, -0.2) is 52.9 Å². The van der Waals surface area contributed by atoms with E-state index in [1.165, 1.54) is 38.4 Å². The van der Waals surface area contributed by atoms with E-state index in [-0.39, 0.29) is 17.3 Å². The Hall–Kier alpha value is -3.11. The number of amides is 1. The van der Waals surface area contributed by atoms with E-state index in [9.17, 15) is 13.2 Å². The first kappa shape index (κ1) is 19.6. The largest absolute Gasteiger partial charge is 0.345 e. The van der Waals surface area contributed by atoms with Gasteiger partial charge in [0.25, 0.3) is 5.91 Å². The predicted molar refractivity (Wildman–Crippen MR) is 102 cm³/mol. The number of hydrogen-bond donors (Lipinski definition) is 1. The van der Waals surface area contributed by atoms with E-state index in [0.717, 1.165) is 15.6 Å². The number of hydrogen-bond acceptors (Lipinski definition) is 6. The van der Waals surface area contributed by atoms with Crippen LogP contribution in [0.15, 0.2) is 53.4 Å². The molecule has 0 fully saturated rings. The van der Waals surface area contributed by atoms with Gasteiger partial charge in [0.05, 0.1) is 17.1 Å². The third kappa shape index (κ3) is 4.07. The summed E-state index contributed by atoms with van der Waals surface area (Å²) in [5, 5.41) is 14.3. The molecule has 28 heavy (non-hydrogen) atoms. The van der Waals surface area contributed by atoms with Gasteiger partial charge in [0.1, 0.15) is 0 Å². The second kappa shape index (κ2) is 7.87. The van der Waals surface area contributed by atoms with Crippen molar-refractivity contribution in [3.8, 4) is 5.69 Å². The molecule has 0 atom stereocenters. The zero-order valence-corrected chi connectivity index (χ0v) is 16.5. The number of nitrogens with zero attached hydrogens (tertiary/aromatic N) is 5. The summed E-state index contributed by atoms with van der Waals surface area (Å²) in [6, 6.07) is 13.4. The maximum atomic E-state index is 12.4. The summed E-state index contributed by atoms with van der Waals surface area (Å²) in [5.41, 5.74) is 2.25. The molecule has 0 aliphatic heterocycles. The SMILES string of the molecule is Cc1ccc(-n2nnnc2CNC(=O)c2ccc(S(=O)(=O)N(C)C)cc2)cc1. The van der Waals surface area contributed by atoms with Gasteiger partial charge >= 0.3 is 0 Å². The lowest BCUT2D eigenvalue weighted by molar-refractivity contribution is 0.0949. The Balaban J connectivity index is 1.70. The second-order valence-corrected chi connectivity index (χ2v) is 8.49. The fourth-order valence-electron chi connectivity index (χ4n) is 2.45. The van der Waals surface area contributed by atoms with Crippen molar-refractivity contribution < 1.29 is 13.2 Å². The third-order valence-electron chi connectivity index (χ3n) is 4.11. The van der Waals surface area contributed by atoms with Gasteiger partial charge in [-0.2, -0.15) is 4.68 Å². The van der Waals surface area contributed by atoms with Crippen molar-refractivity contribution in [3.63, 3.8) is 0 Å². The molecule has 3 aromatic rings. The van der Waals surface area contributed by atoms with Crippen molar-refractivity contribution in [2.75, 3.05) is 14.1 Å². The van der Waals surface area contributed by atoms with Crippen molar-refractivity contribution >= 4 is 15.9 Å².